The van der Waals surface area contributed by atoms with Crippen molar-refractivity contribution in [1.29, 1.82) is 0 Å². The molecule has 0 radical (unpaired) electrons. The van der Waals surface area contributed by atoms with Gasteiger partial charge in [0.2, 0.25) is 0 Å². The van der Waals surface area contributed by atoms with E-state index in [-0.39, 0.29) is 0 Å². The molecule has 0 fully saturated rings. The Labute approximate surface area is 98.3 Å². The average molecular weight is 267 g/mol. The molecule has 0 unspecified atom stereocenters. The maximum atomic E-state index is 12.6. The lowest BCUT2D eigenvalue weighted by Crippen LogP contribution is -2.12. The Kier molecular flexibility index (Phi) is 3.89. The number of halogens is 3. The van der Waals surface area contributed by atoms with Crippen molar-refractivity contribution in [2.24, 2.45) is 0 Å². The minimum absolute atomic E-state index is 0.500. The Morgan fingerprint density at radius 2 is 2.24 bits per heavy atom. The van der Waals surface area contributed by atoms with Gasteiger partial charge in [0.05, 0.1) is 18.1 Å². The van der Waals surface area contributed by atoms with E-state index in [0.717, 1.165) is 7.11 Å². The Morgan fingerprint density at radius 3 is 2.65 bits per heavy atom. The molecule has 0 bridgehead atoms. The van der Waals surface area contributed by atoms with Gasteiger partial charge in [-0.15, -0.1) is 0 Å². The molecule has 0 aliphatic carbocycles. The molecule has 0 saturated heterocycles. The fourth-order valence-electron chi connectivity index (χ4n) is 1.13. The predicted molar refractivity (Wildman–Crippen MR) is 52.2 cm³/mol. The summed E-state index contributed by atoms with van der Waals surface area (Å²) in [5.74, 6) is -1.27. The number of rotatable bonds is 3. The van der Waals surface area contributed by atoms with E-state index < -0.39 is 39.4 Å². The van der Waals surface area contributed by atoms with Gasteiger partial charge in [0.25, 0.3) is 12.1 Å². The second-order valence-electron chi connectivity index (χ2n) is 2.77. The number of methoxy groups -OCH3 is 1. The van der Waals surface area contributed by atoms with Gasteiger partial charge in [-0.05, 0) is 0 Å². The molecule has 0 atom stereocenters. The smallest absolute Gasteiger partial charge is 0.347 e. The van der Waals surface area contributed by atoms with Crippen LogP contribution in [0.2, 0.25) is 5.15 Å². The molecule has 1 aromatic heterocycles. The normalized spacial score (nSPS) is 10.4. The summed E-state index contributed by atoms with van der Waals surface area (Å²) < 4.78 is 29.4. The van der Waals surface area contributed by atoms with Crippen LogP contribution in [0.3, 0.4) is 0 Å². The molecule has 1 heterocycles. The molecule has 1 rings (SSSR count). The number of esters is 1. The molecule has 0 aliphatic heterocycles. The Morgan fingerprint density at radius 1 is 1.65 bits per heavy atom. The average Bonchev–Trinajstić information content (AvgIpc) is 2.26. The summed E-state index contributed by atoms with van der Waals surface area (Å²) >= 11 is 5.36. The summed E-state index contributed by atoms with van der Waals surface area (Å²) in [5, 5.41) is 10.1. The zero-order valence-electron chi connectivity index (χ0n) is 8.32. The van der Waals surface area contributed by atoms with Crippen molar-refractivity contribution < 1.29 is 23.2 Å². The van der Waals surface area contributed by atoms with Crippen LogP contribution < -0.4 is 0 Å². The molecule has 9 heteroatoms. The van der Waals surface area contributed by atoms with E-state index in [4.69, 9.17) is 11.6 Å². The monoisotopic (exact) mass is 266 g/mol. The standard InChI is InChI=1S/C8H5ClF2N2O4/c1-17-8(14)5-3(13(15)16)2-4(9)12-6(5)7(10)11/h2,7H,1H3. The van der Waals surface area contributed by atoms with Crippen LogP contribution in [0.4, 0.5) is 14.5 Å². The predicted octanol–water partition coefficient (Wildman–Crippen LogP) is 2.37. The van der Waals surface area contributed by atoms with Gasteiger partial charge in [0, 0.05) is 0 Å². The third-order valence-electron chi connectivity index (χ3n) is 1.79. The third kappa shape index (κ3) is 2.64. The summed E-state index contributed by atoms with van der Waals surface area (Å²) in [6.45, 7) is 0. The first-order valence-electron chi connectivity index (χ1n) is 4.09. The lowest BCUT2D eigenvalue weighted by Gasteiger charge is -2.07. The second-order valence-corrected chi connectivity index (χ2v) is 3.16. The van der Waals surface area contributed by atoms with E-state index in [1.807, 2.05) is 0 Å². The maximum absolute atomic E-state index is 12.6. The topological polar surface area (TPSA) is 82.3 Å². The lowest BCUT2D eigenvalue weighted by atomic mass is 10.1. The largest absolute Gasteiger partial charge is 0.465 e. The summed E-state index contributed by atoms with van der Waals surface area (Å²) in [6.07, 6.45) is -3.18. The highest BCUT2D eigenvalue weighted by Gasteiger charge is 2.31. The highest BCUT2D eigenvalue weighted by Crippen LogP contribution is 2.31. The molecule has 0 amide bonds. The van der Waals surface area contributed by atoms with Gasteiger partial charge in [0.1, 0.15) is 10.8 Å². The van der Waals surface area contributed by atoms with Crippen molar-refractivity contribution in [3.8, 4) is 0 Å². The zero-order chi connectivity index (χ0) is 13.2. The first-order valence-corrected chi connectivity index (χ1v) is 4.47. The number of ether oxygens (including phenoxy) is 1. The molecule has 0 spiro atoms. The molecular weight excluding hydrogens is 262 g/mol. The van der Waals surface area contributed by atoms with Crippen molar-refractivity contribution in [1.82, 2.24) is 4.98 Å². The van der Waals surface area contributed by atoms with Crippen LogP contribution in [0.15, 0.2) is 6.07 Å². The molecular formula is C8H5ClF2N2O4. The molecule has 6 nitrogen and oxygen atoms in total. The number of alkyl halides is 2. The van der Waals surface area contributed by atoms with Crippen LogP contribution in [-0.4, -0.2) is 23.0 Å². The molecule has 0 N–H and O–H groups in total. The van der Waals surface area contributed by atoms with Gasteiger partial charge < -0.3 is 4.74 Å². The second kappa shape index (κ2) is 5.00. The summed E-state index contributed by atoms with van der Waals surface area (Å²) in [6, 6.07) is 0.708. The lowest BCUT2D eigenvalue weighted by molar-refractivity contribution is -0.385. The fourth-order valence-corrected chi connectivity index (χ4v) is 1.33. The maximum Gasteiger partial charge on any atom is 0.347 e. The third-order valence-corrected chi connectivity index (χ3v) is 1.98. The number of nitro groups is 1. The highest BCUT2D eigenvalue weighted by molar-refractivity contribution is 6.29. The van der Waals surface area contributed by atoms with Gasteiger partial charge >= 0.3 is 5.97 Å². The van der Waals surface area contributed by atoms with E-state index >= 15 is 0 Å². The van der Waals surface area contributed by atoms with E-state index in [0.29, 0.717) is 6.07 Å². The Bertz CT molecular complexity index is 481. The highest BCUT2D eigenvalue weighted by atomic mass is 35.5. The molecule has 1 aromatic rings. The number of hydrogen-bond donors (Lipinski definition) is 0. The number of carbonyl (C=O) groups is 1. The van der Waals surface area contributed by atoms with Crippen LogP contribution in [0, 0.1) is 10.1 Å². The van der Waals surface area contributed by atoms with Crippen molar-refractivity contribution in [2.45, 2.75) is 6.43 Å². The number of hydrogen-bond acceptors (Lipinski definition) is 5. The first kappa shape index (κ1) is 13.2. The fraction of sp³-hybridized carbons (Fsp3) is 0.250. The number of carbonyl (C=O) groups excluding carboxylic acids is 1. The number of aromatic nitrogens is 1. The van der Waals surface area contributed by atoms with E-state index in [1.165, 1.54) is 0 Å². The Balaban J connectivity index is 3.59. The van der Waals surface area contributed by atoms with Gasteiger partial charge in [-0.1, -0.05) is 11.6 Å². The summed E-state index contributed by atoms with van der Waals surface area (Å²) in [7, 11) is 0.913. The van der Waals surface area contributed by atoms with E-state index in [1.54, 1.807) is 0 Å². The minimum atomic E-state index is -3.18. The molecule has 17 heavy (non-hydrogen) atoms. The van der Waals surface area contributed by atoms with Crippen LogP contribution in [0.5, 0.6) is 0 Å². The molecule has 92 valence electrons. The van der Waals surface area contributed by atoms with Crippen LogP contribution in [0.1, 0.15) is 22.5 Å². The number of pyridine rings is 1. The molecule has 0 aliphatic rings. The van der Waals surface area contributed by atoms with Crippen LogP contribution in [-0.2, 0) is 4.74 Å². The van der Waals surface area contributed by atoms with Gasteiger partial charge in [0.15, 0.2) is 5.56 Å². The van der Waals surface area contributed by atoms with Crippen molar-refractivity contribution >= 4 is 23.3 Å². The van der Waals surface area contributed by atoms with Crippen LogP contribution >= 0.6 is 11.6 Å². The van der Waals surface area contributed by atoms with Gasteiger partial charge in [-0.2, -0.15) is 0 Å². The van der Waals surface area contributed by atoms with Crippen molar-refractivity contribution in [3.63, 3.8) is 0 Å². The van der Waals surface area contributed by atoms with Gasteiger partial charge in [-0.3, -0.25) is 10.1 Å². The SMILES string of the molecule is COC(=O)c1c([N+](=O)[O-])cc(Cl)nc1C(F)F. The van der Waals surface area contributed by atoms with E-state index in [2.05, 4.69) is 9.72 Å². The summed E-state index contributed by atoms with van der Waals surface area (Å²) in [5.41, 5.74) is -2.83. The summed E-state index contributed by atoms with van der Waals surface area (Å²) in [4.78, 5) is 24.1. The molecule has 0 saturated carbocycles. The zero-order valence-corrected chi connectivity index (χ0v) is 9.07. The number of nitrogens with zero attached hydrogens (tertiary/aromatic N) is 2. The van der Waals surface area contributed by atoms with Gasteiger partial charge in [-0.25, -0.2) is 18.6 Å². The van der Waals surface area contributed by atoms with Crippen molar-refractivity contribution in [3.05, 3.63) is 32.6 Å². The molecule has 0 aromatic carbocycles. The van der Waals surface area contributed by atoms with Crippen LogP contribution in [0.25, 0.3) is 0 Å². The minimum Gasteiger partial charge on any atom is -0.465 e. The van der Waals surface area contributed by atoms with Crippen molar-refractivity contribution in [2.75, 3.05) is 7.11 Å². The van der Waals surface area contributed by atoms with E-state index in [9.17, 15) is 23.7 Å². The first-order chi connectivity index (χ1) is 7.88. The quantitative estimate of drug-likeness (QED) is 0.363. The Hall–Kier alpha value is -1.83.